The van der Waals surface area contributed by atoms with E-state index in [1.807, 2.05) is 0 Å². The van der Waals surface area contributed by atoms with E-state index in [4.69, 9.17) is 15.6 Å². The topological polar surface area (TPSA) is 95.4 Å². The maximum absolute atomic E-state index is 11.6. The molecule has 1 fully saturated rings. The van der Waals surface area contributed by atoms with Crippen LogP contribution in [0, 0.1) is 18.8 Å². The van der Waals surface area contributed by atoms with Crippen LogP contribution in [-0.2, 0) is 10.0 Å². The minimum Gasteiger partial charge on any atom is -0.490 e. The molecule has 3 atom stereocenters. The van der Waals surface area contributed by atoms with Crippen LogP contribution in [-0.4, -0.2) is 14.5 Å². The van der Waals surface area contributed by atoms with E-state index >= 15 is 0 Å². The zero-order chi connectivity index (χ0) is 15.8. The molecule has 3 unspecified atom stereocenters. The average Bonchev–Trinajstić information content (AvgIpc) is 2.36. The number of ether oxygens (including phenoxy) is 1. The molecule has 2 rings (SSSR count). The van der Waals surface area contributed by atoms with Crippen LogP contribution in [0.2, 0.25) is 0 Å². The molecule has 6 heteroatoms. The van der Waals surface area contributed by atoms with Crippen molar-refractivity contribution in [2.24, 2.45) is 17.0 Å². The molecule has 0 radical (unpaired) electrons. The Morgan fingerprint density at radius 2 is 1.86 bits per heavy atom. The summed E-state index contributed by atoms with van der Waals surface area (Å²) >= 11 is 0. The first-order chi connectivity index (χ1) is 9.68. The number of hydrogen-bond acceptors (Lipinski definition) is 4. The lowest BCUT2D eigenvalue weighted by molar-refractivity contribution is 0.0998. The van der Waals surface area contributed by atoms with Crippen LogP contribution in [0.15, 0.2) is 17.0 Å². The van der Waals surface area contributed by atoms with E-state index in [2.05, 4.69) is 13.8 Å². The fourth-order valence-corrected chi connectivity index (χ4v) is 3.71. The summed E-state index contributed by atoms with van der Waals surface area (Å²) in [4.78, 5) is 0.0368. The lowest BCUT2D eigenvalue weighted by Gasteiger charge is -2.32. The van der Waals surface area contributed by atoms with E-state index in [1.54, 1.807) is 13.0 Å². The minimum absolute atomic E-state index is 0.0368. The van der Waals surface area contributed by atoms with Crippen LogP contribution >= 0.6 is 0 Å². The van der Waals surface area contributed by atoms with Crippen LogP contribution in [0.1, 0.15) is 38.7 Å². The molecule has 0 heterocycles. The van der Waals surface area contributed by atoms with Crippen molar-refractivity contribution in [3.8, 4) is 5.75 Å². The normalized spacial score (nSPS) is 26.6. The molecule has 0 aliphatic heterocycles. The Bertz CT molecular complexity index is 628. The van der Waals surface area contributed by atoms with Crippen molar-refractivity contribution in [3.05, 3.63) is 17.7 Å². The zero-order valence-corrected chi connectivity index (χ0v) is 13.6. The number of nitrogens with two attached hydrogens (primary N) is 2. The highest BCUT2D eigenvalue weighted by Gasteiger charge is 2.27. The second-order valence-electron chi connectivity index (χ2n) is 6.19. The van der Waals surface area contributed by atoms with Gasteiger partial charge >= 0.3 is 0 Å². The fraction of sp³-hybridized carbons (Fsp3) is 0.600. The summed E-state index contributed by atoms with van der Waals surface area (Å²) in [5.74, 6) is 1.82. The molecular weight excluding hydrogens is 288 g/mol. The fourth-order valence-electron chi connectivity index (χ4n) is 2.89. The molecule has 1 aliphatic rings. The first kappa shape index (κ1) is 16.1. The number of benzene rings is 1. The molecule has 0 spiro atoms. The molecule has 4 N–H and O–H groups in total. The molecule has 0 bridgehead atoms. The Morgan fingerprint density at radius 3 is 2.43 bits per heavy atom. The predicted octanol–water partition coefficient (Wildman–Crippen LogP) is 2.43. The van der Waals surface area contributed by atoms with Crippen molar-refractivity contribution in [1.29, 1.82) is 0 Å². The second-order valence-corrected chi connectivity index (χ2v) is 7.72. The molecule has 1 saturated carbocycles. The van der Waals surface area contributed by atoms with Gasteiger partial charge in [0.05, 0.1) is 11.0 Å². The van der Waals surface area contributed by atoms with Crippen molar-refractivity contribution in [2.75, 3.05) is 5.73 Å². The van der Waals surface area contributed by atoms with E-state index in [0.29, 0.717) is 28.8 Å². The van der Waals surface area contributed by atoms with Gasteiger partial charge in [-0.25, -0.2) is 13.6 Å². The van der Waals surface area contributed by atoms with Gasteiger partial charge in [0.1, 0.15) is 5.75 Å². The molecule has 5 nitrogen and oxygen atoms in total. The number of rotatable bonds is 3. The lowest BCUT2D eigenvalue weighted by Crippen LogP contribution is -2.29. The largest absolute Gasteiger partial charge is 0.490 e. The van der Waals surface area contributed by atoms with E-state index in [0.717, 1.165) is 19.3 Å². The molecule has 118 valence electrons. The van der Waals surface area contributed by atoms with Gasteiger partial charge in [-0.1, -0.05) is 13.8 Å². The number of hydrogen-bond donors (Lipinski definition) is 2. The van der Waals surface area contributed by atoms with Gasteiger partial charge < -0.3 is 10.5 Å². The molecule has 0 aromatic heterocycles. The van der Waals surface area contributed by atoms with Crippen LogP contribution < -0.4 is 15.6 Å². The van der Waals surface area contributed by atoms with E-state index in [9.17, 15) is 8.42 Å². The summed E-state index contributed by atoms with van der Waals surface area (Å²) in [5.41, 5.74) is 6.65. The third-order valence-corrected chi connectivity index (χ3v) is 5.52. The molecule has 0 saturated heterocycles. The first-order valence-corrected chi connectivity index (χ1v) is 8.82. The third-order valence-electron chi connectivity index (χ3n) is 4.48. The Hall–Kier alpha value is -1.27. The molecule has 1 aromatic carbocycles. The third kappa shape index (κ3) is 3.68. The van der Waals surface area contributed by atoms with Gasteiger partial charge in [0.2, 0.25) is 10.0 Å². The Kier molecular flexibility index (Phi) is 4.49. The Morgan fingerprint density at radius 1 is 1.19 bits per heavy atom. The predicted molar refractivity (Wildman–Crippen MR) is 83.6 cm³/mol. The van der Waals surface area contributed by atoms with Gasteiger partial charge in [-0.3, -0.25) is 0 Å². The van der Waals surface area contributed by atoms with E-state index in [-0.39, 0.29) is 11.0 Å². The highest BCUT2D eigenvalue weighted by atomic mass is 32.2. The molecule has 1 aromatic rings. The number of anilines is 1. The van der Waals surface area contributed by atoms with Crippen molar-refractivity contribution in [2.45, 2.75) is 51.0 Å². The number of sulfonamides is 1. The molecule has 0 amide bonds. The standard InChI is InChI=1S/C15H24N2O3S/c1-9-4-5-13(6-10(9)2)20-14-7-12(16)8-15(11(14)3)21(17,18)19/h7-10,13H,4-6,16H2,1-3H3,(H2,17,18,19). The van der Waals surface area contributed by atoms with Crippen LogP contribution in [0.3, 0.4) is 0 Å². The van der Waals surface area contributed by atoms with Gasteiger partial charge in [0.25, 0.3) is 0 Å². The number of nitrogen functional groups attached to an aromatic ring is 1. The lowest BCUT2D eigenvalue weighted by atomic mass is 9.80. The highest BCUT2D eigenvalue weighted by molar-refractivity contribution is 7.89. The number of primary sulfonamides is 1. The average molecular weight is 312 g/mol. The van der Waals surface area contributed by atoms with Crippen molar-refractivity contribution in [1.82, 2.24) is 0 Å². The molecule has 1 aliphatic carbocycles. The van der Waals surface area contributed by atoms with E-state index in [1.165, 1.54) is 6.07 Å². The van der Waals surface area contributed by atoms with Crippen molar-refractivity contribution >= 4 is 15.7 Å². The monoisotopic (exact) mass is 312 g/mol. The van der Waals surface area contributed by atoms with Gasteiger partial charge in [-0.2, -0.15) is 0 Å². The Labute approximate surface area is 126 Å². The molecular formula is C15H24N2O3S. The Balaban J connectivity index is 2.27. The van der Waals surface area contributed by atoms with Gasteiger partial charge in [-0.15, -0.1) is 0 Å². The quantitative estimate of drug-likeness (QED) is 0.838. The zero-order valence-electron chi connectivity index (χ0n) is 12.8. The maximum atomic E-state index is 11.6. The van der Waals surface area contributed by atoms with Gasteiger partial charge in [0.15, 0.2) is 0 Å². The summed E-state index contributed by atoms with van der Waals surface area (Å²) in [6, 6.07) is 3.05. The summed E-state index contributed by atoms with van der Waals surface area (Å²) in [6.45, 7) is 6.18. The summed E-state index contributed by atoms with van der Waals surface area (Å²) in [6.07, 6.45) is 3.17. The maximum Gasteiger partial charge on any atom is 0.238 e. The highest BCUT2D eigenvalue weighted by Crippen LogP contribution is 2.34. The van der Waals surface area contributed by atoms with Gasteiger partial charge in [-0.05, 0) is 44.1 Å². The smallest absolute Gasteiger partial charge is 0.238 e. The SMILES string of the molecule is Cc1c(OC2CCC(C)C(C)C2)cc(N)cc1S(N)(=O)=O. The van der Waals surface area contributed by atoms with Crippen molar-refractivity contribution in [3.63, 3.8) is 0 Å². The first-order valence-electron chi connectivity index (χ1n) is 7.28. The van der Waals surface area contributed by atoms with Crippen LogP contribution in [0.25, 0.3) is 0 Å². The summed E-state index contributed by atoms with van der Waals surface area (Å²) in [5, 5.41) is 5.23. The van der Waals surface area contributed by atoms with Crippen LogP contribution in [0.4, 0.5) is 5.69 Å². The molecule has 21 heavy (non-hydrogen) atoms. The van der Waals surface area contributed by atoms with E-state index < -0.39 is 10.0 Å². The minimum atomic E-state index is -3.80. The van der Waals surface area contributed by atoms with Gasteiger partial charge in [0, 0.05) is 17.3 Å². The summed E-state index contributed by atoms with van der Waals surface area (Å²) < 4.78 is 29.2. The second kappa shape index (κ2) is 5.85. The van der Waals surface area contributed by atoms with Crippen LogP contribution in [0.5, 0.6) is 5.75 Å². The summed E-state index contributed by atoms with van der Waals surface area (Å²) in [7, 11) is -3.80. The van der Waals surface area contributed by atoms with Crippen molar-refractivity contribution < 1.29 is 13.2 Å².